The molecule has 0 aromatic heterocycles. The predicted octanol–water partition coefficient (Wildman–Crippen LogP) is 4.19. The third-order valence-electron chi connectivity index (χ3n) is 3.68. The van der Waals surface area contributed by atoms with Crippen molar-refractivity contribution in [1.82, 2.24) is 0 Å². The number of cyclic esters (lactones) is 1. The zero-order valence-electron chi connectivity index (χ0n) is 11.8. The van der Waals surface area contributed by atoms with E-state index in [1.165, 1.54) is 12.1 Å². The predicted molar refractivity (Wildman–Crippen MR) is 75.0 cm³/mol. The normalized spacial score (nSPS) is 16.8. The molecule has 1 aliphatic heterocycles. The standard InChI is InChI=1S/C17H11F3O3/c18-17(19,20)13-8-4-3-7-12(13)14(21)9-15-10-5-1-2-6-11(10)16(22)23-15/h1-8,15H,9H2. The van der Waals surface area contributed by atoms with E-state index in [-0.39, 0.29) is 6.42 Å². The Morgan fingerprint density at radius 3 is 2.43 bits per heavy atom. The van der Waals surface area contributed by atoms with Crippen LogP contribution in [0.4, 0.5) is 13.2 Å². The van der Waals surface area contributed by atoms with E-state index in [2.05, 4.69) is 0 Å². The average Bonchev–Trinajstić information content (AvgIpc) is 2.83. The van der Waals surface area contributed by atoms with Crippen molar-refractivity contribution in [3.05, 3.63) is 70.8 Å². The molecule has 2 aromatic rings. The van der Waals surface area contributed by atoms with E-state index in [1.54, 1.807) is 24.3 Å². The molecule has 3 nitrogen and oxygen atoms in total. The Balaban J connectivity index is 1.89. The van der Waals surface area contributed by atoms with Crippen LogP contribution in [-0.4, -0.2) is 11.8 Å². The highest BCUT2D eigenvalue weighted by atomic mass is 19.4. The van der Waals surface area contributed by atoms with Gasteiger partial charge in [0, 0.05) is 11.1 Å². The van der Waals surface area contributed by atoms with Gasteiger partial charge in [0.05, 0.1) is 17.5 Å². The molecule has 0 saturated heterocycles. The molecule has 0 fully saturated rings. The van der Waals surface area contributed by atoms with E-state index < -0.39 is 35.2 Å². The summed E-state index contributed by atoms with van der Waals surface area (Å²) in [6.07, 6.45) is -5.79. The van der Waals surface area contributed by atoms with E-state index in [1.807, 2.05) is 0 Å². The first-order valence-corrected chi connectivity index (χ1v) is 6.87. The van der Waals surface area contributed by atoms with E-state index >= 15 is 0 Å². The third-order valence-corrected chi connectivity index (χ3v) is 3.68. The molecule has 6 heteroatoms. The topological polar surface area (TPSA) is 43.4 Å². The second-order valence-electron chi connectivity index (χ2n) is 5.15. The first-order valence-electron chi connectivity index (χ1n) is 6.87. The van der Waals surface area contributed by atoms with Gasteiger partial charge >= 0.3 is 12.1 Å². The molecule has 0 spiro atoms. The number of benzene rings is 2. The number of hydrogen-bond donors (Lipinski definition) is 0. The minimum Gasteiger partial charge on any atom is -0.453 e. The van der Waals surface area contributed by atoms with Crippen molar-refractivity contribution in [2.45, 2.75) is 18.7 Å². The van der Waals surface area contributed by atoms with Gasteiger partial charge in [-0.2, -0.15) is 13.2 Å². The summed E-state index contributed by atoms with van der Waals surface area (Å²) in [6, 6.07) is 11.1. The van der Waals surface area contributed by atoms with Crippen LogP contribution in [0.5, 0.6) is 0 Å². The SMILES string of the molecule is O=C1OC(CC(=O)c2ccccc2C(F)(F)F)c2ccccc21. The average molecular weight is 320 g/mol. The van der Waals surface area contributed by atoms with E-state index in [0.717, 1.165) is 12.1 Å². The van der Waals surface area contributed by atoms with Crippen LogP contribution in [0.15, 0.2) is 48.5 Å². The maximum Gasteiger partial charge on any atom is 0.417 e. The Morgan fingerprint density at radius 2 is 1.70 bits per heavy atom. The summed E-state index contributed by atoms with van der Waals surface area (Å²) in [6.45, 7) is 0. The molecule has 0 aliphatic carbocycles. The summed E-state index contributed by atoms with van der Waals surface area (Å²) in [5.74, 6) is -1.28. The van der Waals surface area contributed by atoms with Gasteiger partial charge in [-0.25, -0.2) is 4.79 Å². The molecule has 2 aromatic carbocycles. The second kappa shape index (κ2) is 5.53. The van der Waals surface area contributed by atoms with Crippen molar-refractivity contribution in [1.29, 1.82) is 0 Å². The summed E-state index contributed by atoms with van der Waals surface area (Å²) >= 11 is 0. The van der Waals surface area contributed by atoms with Gasteiger partial charge in [-0.1, -0.05) is 36.4 Å². The molecule has 0 radical (unpaired) electrons. The minimum atomic E-state index is -4.61. The smallest absolute Gasteiger partial charge is 0.417 e. The van der Waals surface area contributed by atoms with Crippen LogP contribution >= 0.6 is 0 Å². The summed E-state index contributed by atoms with van der Waals surface area (Å²) in [7, 11) is 0. The number of carbonyl (C=O) groups excluding carboxylic acids is 2. The molecule has 0 saturated carbocycles. The van der Waals surface area contributed by atoms with Crippen LogP contribution in [0.3, 0.4) is 0 Å². The first-order chi connectivity index (χ1) is 10.9. The summed E-state index contributed by atoms with van der Waals surface area (Å²) in [5.41, 5.74) is -0.534. The second-order valence-corrected chi connectivity index (χ2v) is 5.15. The fourth-order valence-electron chi connectivity index (χ4n) is 2.62. The van der Waals surface area contributed by atoms with Crippen molar-refractivity contribution in [2.24, 2.45) is 0 Å². The maximum absolute atomic E-state index is 13.0. The molecule has 3 rings (SSSR count). The number of halogens is 3. The fourth-order valence-corrected chi connectivity index (χ4v) is 2.62. The van der Waals surface area contributed by atoms with Gasteiger partial charge in [0.15, 0.2) is 5.78 Å². The summed E-state index contributed by atoms with van der Waals surface area (Å²) in [4.78, 5) is 24.0. The number of Topliss-reactive ketones (excluding diaryl/α,β-unsaturated/α-hetero) is 1. The molecular formula is C17H11F3O3. The monoisotopic (exact) mass is 320 g/mol. The number of rotatable bonds is 3. The molecule has 1 aliphatic rings. The fraction of sp³-hybridized carbons (Fsp3) is 0.176. The van der Waals surface area contributed by atoms with Gasteiger partial charge in [0.1, 0.15) is 6.10 Å². The Labute approximate surface area is 129 Å². The molecular weight excluding hydrogens is 309 g/mol. The number of ketones is 1. The molecule has 0 bridgehead atoms. The van der Waals surface area contributed by atoms with Crippen LogP contribution in [-0.2, 0) is 10.9 Å². The van der Waals surface area contributed by atoms with Crippen LogP contribution < -0.4 is 0 Å². The van der Waals surface area contributed by atoms with Gasteiger partial charge in [-0.3, -0.25) is 4.79 Å². The van der Waals surface area contributed by atoms with E-state index in [4.69, 9.17) is 4.74 Å². The molecule has 1 atom stereocenters. The van der Waals surface area contributed by atoms with Crippen molar-refractivity contribution in [2.75, 3.05) is 0 Å². The van der Waals surface area contributed by atoms with Gasteiger partial charge in [-0.05, 0) is 12.1 Å². The van der Waals surface area contributed by atoms with Crippen LogP contribution in [0.25, 0.3) is 0 Å². The Bertz CT molecular complexity index is 781. The minimum absolute atomic E-state index is 0.324. The lowest BCUT2D eigenvalue weighted by molar-refractivity contribution is -0.137. The van der Waals surface area contributed by atoms with Crippen LogP contribution in [0, 0.1) is 0 Å². The van der Waals surface area contributed by atoms with Gasteiger partial charge in [0.25, 0.3) is 0 Å². The van der Waals surface area contributed by atoms with Crippen molar-refractivity contribution in [3.8, 4) is 0 Å². The lowest BCUT2D eigenvalue weighted by atomic mass is 9.96. The van der Waals surface area contributed by atoms with Gasteiger partial charge in [-0.15, -0.1) is 0 Å². The van der Waals surface area contributed by atoms with Crippen molar-refractivity contribution < 1.29 is 27.5 Å². The highest BCUT2D eigenvalue weighted by molar-refractivity contribution is 6.00. The number of fused-ring (bicyclic) bond motifs is 1. The summed E-state index contributed by atoms with van der Waals surface area (Å²) in [5, 5.41) is 0. The number of alkyl halides is 3. The molecule has 0 amide bonds. The van der Waals surface area contributed by atoms with Gasteiger partial charge in [0.2, 0.25) is 0 Å². The molecule has 1 heterocycles. The zero-order chi connectivity index (χ0) is 16.6. The lowest BCUT2D eigenvalue weighted by Crippen LogP contribution is -2.15. The van der Waals surface area contributed by atoms with Crippen molar-refractivity contribution >= 4 is 11.8 Å². The summed E-state index contributed by atoms with van der Waals surface area (Å²) < 4.78 is 44.1. The third kappa shape index (κ3) is 2.84. The molecule has 1 unspecified atom stereocenters. The van der Waals surface area contributed by atoms with Gasteiger partial charge < -0.3 is 4.74 Å². The zero-order valence-corrected chi connectivity index (χ0v) is 11.8. The quantitative estimate of drug-likeness (QED) is 0.629. The Morgan fingerprint density at radius 1 is 1.04 bits per heavy atom. The highest BCUT2D eigenvalue weighted by Gasteiger charge is 2.37. The number of hydrogen-bond acceptors (Lipinski definition) is 3. The number of ether oxygens (including phenoxy) is 1. The number of carbonyl (C=O) groups is 2. The first kappa shape index (κ1) is 15.3. The van der Waals surface area contributed by atoms with E-state index in [0.29, 0.717) is 11.1 Å². The molecule has 0 N–H and O–H groups in total. The van der Waals surface area contributed by atoms with Crippen LogP contribution in [0.2, 0.25) is 0 Å². The van der Waals surface area contributed by atoms with Crippen LogP contribution in [0.1, 0.15) is 44.4 Å². The lowest BCUT2D eigenvalue weighted by Gasteiger charge is -2.14. The molecule has 118 valence electrons. The number of esters is 1. The highest BCUT2D eigenvalue weighted by Crippen LogP contribution is 2.36. The Hall–Kier alpha value is -2.63. The maximum atomic E-state index is 13.0. The van der Waals surface area contributed by atoms with Crippen molar-refractivity contribution in [3.63, 3.8) is 0 Å². The van der Waals surface area contributed by atoms with E-state index in [9.17, 15) is 22.8 Å². The largest absolute Gasteiger partial charge is 0.453 e. The molecule has 23 heavy (non-hydrogen) atoms. The Kier molecular flexibility index (Phi) is 3.67.